The van der Waals surface area contributed by atoms with Crippen LogP contribution in [0.2, 0.25) is 0 Å². The second-order valence-corrected chi connectivity index (χ2v) is 5.01. The zero-order chi connectivity index (χ0) is 13.1. The molecule has 0 amide bonds. The summed E-state index contributed by atoms with van der Waals surface area (Å²) >= 11 is 0. The molecule has 0 saturated carbocycles. The summed E-state index contributed by atoms with van der Waals surface area (Å²) in [5, 5.41) is 0. The van der Waals surface area contributed by atoms with E-state index in [9.17, 15) is 0 Å². The van der Waals surface area contributed by atoms with E-state index in [-0.39, 0.29) is 0 Å². The van der Waals surface area contributed by atoms with E-state index in [1.54, 1.807) is 0 Å². The quantitative estimate of drug-likeness (QED) is 0.823. The first-order chi connectivity index (χ1) is 8.59. The van der Waals surface area contributed by atoms with Crippen LogP contribution in [0.5, 0.6) is 0 Å². The van der Waals surface area contributed by atoms with Gasteiger partial charge in [0.05, 0.1) is 0 Å². The van der Waals surface area contributed by atoms with Gasteiger partial charge >= 0.3 is 0 Å². The molecule has 0 aliphatic heterocycles. The van der Waals surface area contributed by atoms with E-state index >= 15 is 0 Å². The highest BCUT2D eigenvalue weighted by Crippen LogP contribution is 2.25. The van der Waals surface area contributed by atoms with Crippen LogP contribution in [0.15, 0.2) is 30.6 Å². The number of aryl methyl sites for hydroxylation is 2. The molecule has 0 saturated heterocycles. The van der Waals surface area contributed by atoms with Crippen molar-refractivity contribution in [2.45, 2.75) is 20.4 Å². The molecule has 3 nitrogen and oxygen atoms in total. The van der Waals surface area contributed by atoms with Crippen LogP contribution >= 0.6 is 0 Å². The van der Waals surface area contributed by atoms with Gasteiger partial charge in [0.15, 0.2) is 0 Å². The number of likely N-dealkylation sites (N-methyl/N-ethyl adjacent to an activating group) is 1. The molecular formula is C15H21N3. The van der Waals surface area contributed by atoms with E-state index in [1.807, 2.05) is 6.20 Å². The summed E-state index contributed by atoms with van der Waals surface area (Å²) < 4.78 is 2.23. The van der Waals surface area contributed by atoms with Crippen LogP contribution in [0, 0.1) is 13.8 Å². The van der Waals surface area contributed by atoms with Crippen LogP contribution in [-0.4, -0.2) is 35.1 Å². The molecule has 0 fully saturated rings. The van der Waals surface area contributed by atoms with Crippen molar-refractivity contribution in [3.63, 3.8) is 0 Å². The maximum Gasteiger partial charge on any atom is 0.140 e. The molecule has 0 aliphatic carbocycles. The van der Waals surface area contributed by atoms with Gasteiger partial charge in [0.1, 0.15) is 5.82 Å². The number of hydrogen-bond donors (Lipinski definition) is 0. The number of nitrogens with zero attached hydrogens (tertiary/aromatic N) is 3. The summed E-state index contributed by atoms with van der Waals surface area (Å²) in [6.07, 6.45) is 3.95. The van der Waals surface area contributed by atoms with E-state index in [4.69, 9.17) is 0 Å². The van der Waals surface area contributed by atoms with Crippen molar-refractivity contribution < 1.29 is 0 Å². The Labute approximate surface area is 109 Å². The lowest BCUT2D eigenvalue weighted by molar-refractivity contribution is 0.385. The van der Waals surface area contributed by atoms with Gasteiger partial charge in [-0.05, 0) is 39.1 Å². The lowest BCUT2D eigenvalue weighted by Crippen LogP contribution is -2.18. The minimum atomic E-state index is 0.968. The highest BCUT2D eigenvalue weighted by Gasteiger charge is 2.11. The largest absolute Gasteiger partial charge is 0.330 e. The molecule has 0 bridgehead atoms. The Bertz CT molecular complexity index is 506. The van der Waals surface area contributed by atoms with E-state index in [1.165, 1.54) is 16.7 Å². The molecule has 1 heterocycles. The maximum absolute atomic E-state index is 4.53. The SMILES string of the molecule is Cc1cccc(C)c1-c1nccn1CCN(C)C. The molecule has 0 N–H and O–H groups in total. The van der Waals surface area contributed by atoms with Gasteiger partial charge in [-0.25, -0.2) is 4.98 Å². The Hall–Kier alpha value is -1.61. The first kappa shape index (κ1) is 12.8. The lowest BCUT2D eigenvalue weighted by atomic mass is 10.0. The Kier molecular flexibility index (Phi) is 3.82. The van der Waals surface area contributed by atoms with E-state index in [0.717, 1.165) is 18.9 Å². The summed E-state index contributed by atoms with van der Waals surface area (Å²) in [6, 6.07) is 6.39. The molecule has 2 aromatic rings. The highest BCUT2D eigenvalue weighted by molar-refractivity contribution is 5.64. The number of hydrogen-bond acceptors (Lipinski definition) is 2. The van der Waals surface area contributed by atoms with Crippen molar-refractivity contribution >= 4 is 0 Å². The Morgan fingerprint density at radius 3 is 2.44 bits per heavy atom. The van der Waals surface area contributed by atoms with Crippen LogP contribution < -0.4 is 0 Å². The Morgan fingerprint density at radius 1 is 1.17 bits per heavy atom. The lowest BCUT2D eigenvalue weighted by Gasteiger charge is -2.14. The number of imidazole rings is 1. The third-order valence-corrected chi connectivity index (χ3v) is 3.21. The standard InChI is InChI=1S/C15H21N3/c1-12-6-5-7-13(2)14(12)15-16-8-9-18(15)11-10-17(3)4/h5-9H,10-11H2,1-4H3. The van der Waals surface area contributed by atoms with Crippen LogP contribution in [-0.2, 0) is 6.54 Å². The van der Waals surface area contributed by atoms with Crippen molar-refractivity contribution in [3.05, 3.63) is 41.7 Å². The second-order valence-electron chi connectivity index (χ2n) is 5.01. The van der Waals surface area contributed by atoms with Crippen molar-refractivity contribution in [2.75, 3.05) is 20.6 Å². The number of benzene rings is 1. The summed E-state index contributed by atoms with van der Waals surface area (Å²) in [6.45, 7) is 6.28. The van der Waals surface area contributed by atoms with Gasteiger partial charge in [0.25, 0.3) is 0 Å². The van der Waals surface area contributed by atoms with Crippen LogP contribution in [0.3, 0.4) is 0 Å². The molecule has 0 radical (unpaired) electrons. The van der Waals surface area contributed by atoms with Gasteiger partial charge in [-0.15, -0.1) is 0 Å². The molecular weight excluding hydrogens is 222 g/mol. The van der Waals surface area contributed by atoms with Crippen molar-refractivity contribution in [1.82, 2.24) is 14.5 Å². The smallest absolute Gasteiger partial charge is 0.140 e. The van der Waals surface area contributed by atoms with Gasteiger partial charge < -0.3 is 9.47 Å². The molecule has 18 heavy (non-hydrogen) atoms. The van der Waals surface area contributed by atoms with E-state index < -0.39 is 0 Å². The van der Waals surface area contributed by atoms with E-state index in [2.05, 4.69) is 66.8 Å². The predicted octanol–water partition coefficient (Wildman–Crippen LogP) is 2.73. The molecule has 1 aromatic carbocycles. The number of rotatable bonds is 4. The first-order valence-corrected chi connectivity index (χ1v) is 6.32. The van der Waals surface area contributed by atoms with E-state index in [0.29, 0.717) is 0 Å². The van der Waals surface area contributed by atoms with Crippen LogP contribution in [0.1, 0.15) is 11.1 Å². The minimum Gasteiger partial charge on any atom is -0.330 e. The maximum atomic E-state index is 4.53. The molecule has 0 aliphatic rings. The number of aromatic nitrogens is 2. The average molecular weight is 243 g/mol. The monoisotopic (exact) mass is 243 g/mol. The molecule has 0 atom stereocenters. The fourth-order valence-corrected chi connectivity index (χ4v) is 2.19. The van der Waals surface area contributed by atoms with Crippen molar-refractivity contribution in [2.24, 2.45) is 0 Å². The third kappa shape index (κ3) is 2.62. The van der Waals surface area contributed by atoms with Crippen LogP contribution in [0.4, 0.5) is 0 Å². The predicted molar refractivity (Wildman–Crippen MR) is 75.7 cm³/mol. The molecule has 3 heteroatoms. The molecule has 1 aromatic heterocycles. The third-order valence-electron chi connectivity index (χ3n) is 3.21. The normalized spacial score (nSPS) is 11.2. The van der Waals surface area contributed by atoms with Crippen LogP contribution in [0.25, 0.3) is 11.4 Å². The van der Waals surface area contributed by atoms with Gasteiger partial charge in [0.2, 0.25) is 0 Å². The highest BCUT2D eigenvalue weighted by atomic mass is 15.1. The topological polar surface area (TPSA) is 21.1 Å². The van der Waals surface area contributed by atoms with Crippen molar-refractivity contribution in [3.8, 4) is 11.4 Å². The van der Waals surface area contributed by atoms with Gasteiger partial charge in [-0.1, -0.05) is 18.2 Å². The Morgan fingerprint density at radius 2 is 1.83 bits per heavy atom. The second kappa shape index (κ2) is 5.36. The molecule has 96 valence electrons. The minimum absolute atomic E-state index is 0.968. The Balaban J connectivity index is 2.36. The summed E-state index contributed by atoms with van der Waals surface area (Å²) in [7, 11) is 4.19. The molecule has 0 spiro atoms. The fraction of sp³-hybridized carbons (Fsp3) is 0.400. The van der Waals surface area contributed by atoms with Crippen molar-refractivity contribution in [1.29, 1.82) is 0 Å². The van der Waals surface area contributed by atoms with Gasteiger partial charge in [0, 0.05) is 31.0 Å². The summed E-state index contributed by atoms with van der Waals surface area (Å²) in [5.41, 5.74) is 3.83. The average Bonchev–Trinajstić information content (AvgIpc) is 2.74. The zero-order valence-corrected chi connectivity index (χ0v) is 11.6. The molecule has 2 rings (SSSR count). The summed E-state index contributed by atoms with van der Waals surface area (Å²) in [4.78, 5) is 6.72. The molecule has 0 unspecified atom stereocenters. The fourth-order valence-electron chi connectivity index (χ4n) is 2.19. The van der Waals surface area contributed by atoms with Gasteiger partial charge in [-0.3, -0.25) is 0 Å². The first-order valence-electron chi connectivity index (χ1n) is 6.32. The zero-order valence-electron chi connectivity index (χ0n) is 11.6. The summed E-state index contributed by atoms with van der Waals surface area (Å²) in [5.74, 6) is 1.08. The van der Waals surface area contributed by atoms with Gasteiger partial charge in [-0.2, -0.15) is 0 Å².